The monoisotopic (exact) mass is 651 g/mol. The van der Waals surface area contributed by atoms with E-state index in [4.69, 9.17) is 26.1 Å². The van der Waals surface area contributed by atoms with Crippen LogP contribution in [-0.2, 0) is 9.47 Å². The number of fused-ring (bicyclic) bond motifs is 3. The standard InChI is InChI=1S/C36H44ClF2N5O2/c1-36(39,14-17-45-22-27-9-6-16-41-27)15-18-46-23-42-35(44-20-25-12-13-26(21-44)43-25)30-19-31(37)32(33(38)34(30)40-2)29-11-5-8-24-7-3-4-10-28(24)29/h3-5,7-8,10-11,19,25-27,41,43H,2,6,9,12-18,20-23H2,1H3. The van der Waals surface area contributed by atoms with Crippen molar-refractivity contribution in [3.05, 3.63) is 64.9 Å². The predicted molar refractivity (Wildman–Crippen MR) is 183 cm³/mol. The van der Waals surface area contributed by atoms with Gasteiger partial charge in [-0.05, 0) is 68.3 Å². The molecule has 0 aromatic heterocycles. The molecule has 0 radical (unpaired) electrons. The summed E-state index contributed by atoms with van der Waals surface area (Å²) in [6.07, 6.45) is 4.94. The number of likely N-dealkylation sites (tertiary alicyclic amines) is 1. The zero-order chi connectivity index (χ0) is 32.1. The molecule has 4 unspecified atom stereocenters. The van der Waals surface area contributed by atoms with E-state index in [1.165, 1.54) is 0 Å². The maximum absolute atomic E-state index is 16.5. The van der Waals surface area contributed by atoms with Gasteiger partial charge in [0, 0.05) is 61.8 Å². The Morgan fingerprint density at radius 3 is 2.54 bits per heavy atom. The minimum Gasteiger partial charge on any atom is -0.380 e. The molecule has 3 aliphatic rings. The summed E-state index contributed by atoms with van der Waals surface area (Å²) in [5.74, 6) is 0.0164. The van der Waals surface area contributed by atoms with Gasteiger partial charge in [0.1, 0.15) is 23.9 Å². The highest BCUT2D eigenvalue weighted by Crippen LogP contribution is 2.42. The molecule has 6 rings (SSSR count). The molecule has 4 atom stereocenters. The molecule has 3 saturated heterocycles. The topological polar surface area (TPSA) is 70.5 Å². The predicted octanol–water partition coefficient (Wildman–Crippen LogP) is 7.07. The lowest BCUT2D eigenvalue weighted by molar-refractivity contribution is 0.0402. The van der Waals surface area contributed by atoms with Crippen LogP contribution in [0.4, 0.5) is 14.5 Å². The number of ether oxygens (including phenoxy) is 2. The fourth-order valence-electron chi connectivity index (χ4n) is 6.94. The second kappa shape index (κ2) is 14.9. The largest absolute Gasteiger partial charge is 0.380 e. The molecule has 10 heteroatoms. The van der Waals surface area contributed by atoms with Crippen molar-refractivity contribution < 1.29 is 18.3 Å². The lowest BCUT2D eigenvalue weighted by Crippen LogP contribution is -2.53. The molecular weight excluding hydrogens is 608 g/mol. The van der Waals surface area contributed by atoms with Gasteiger partial charge < -0.3 is 25.0 Å². The molecule has 0 saturated carbocycles. The summed E-state index contributed by atoms with van der Waals surface area (Å²) in [7, 11) is 0. The smallest absolute Gasteiger partial charge is 0.158 e. The molecule has 0 aliphatic carbocycles. The van der Waals surface area contributed by atoms with Crippen LogP contribution in [0.25, 0.3) is 21.9 Å². The molecule has 0 amide bonds. The lowest BCUT2D eigenvalue weighted by atomic mass is 9.95. The number of aliphatic imine (C=N–C) groups is 2. The maximum Gasteiger partial charge on any atom is 0.158 e. The fraction of sp³-hybridized carbons (Fsp3) is 0.500. The first-order chi connectivity index (χ1) is 22.3. The molecular formula is C36H44ClF2N5O2. The number of alkyl halides is 1. The van der Waals surface area contributed by atoms with E-state index in [0.717, 1.165) is 56.1 Å². The molecule has 3 aliphatic heterocycles. The van der Waals surface area contributed by atoms with Gasteiger partial charge in [0.05, 0.1) is 18.2 Å². The van der Waals surface area contributed by atoms with Crippen molar-refractivity contribution >= 4 is 40.6 Å². The Morgan fingerprint density at radius 2 is 1.80 bits per heavy atom. The van der Waals surface area contributed by atoms with Crippen LogP contribution in [0.2, 0.25) is 5.02 Å². The lowest BCUT2D eigenvalue weighted by Gasteiger charge is -2.35. The van der Waals surface area contributed by atoms with E-state index >= 15 is 8.78 Å². The number of hydrogen-bond donors (Lipinski definition) is 2. The first kappa shape index (κ1) is 33.0. The highest BCUT2D eigenvalue weighted by Gasteiger charge is 2.35. The number of rotatable bonds is 13. The van der Waals surface area contributed by atoms with Crippen LogP contribution in [0.15, 0.2) is 58.5 Å². The van der Waals surface area contributed by atoms with Crippen molar-refractivity contribution in [2.45, 2.75) is 69.2 Å². The van der Waals surface area contributed by atoms with Crippen LogP contribution in [0.3, 0.4) is 0 Å². The number of amidine groups is 1. The molecule has 2 bridgehead atoms. The zero-order valence-corrected chi connectivity index (χ0v) is 27.3. The van der Waals surface area contributed by atoms with E-state index < -0.39 is 11.5 Å². The van der Waals surface area contributed by atoms with Crippen LogP contribution in [0.5, 0.6) is 0 Å². The Bertz CT molecular complexity index is 1540. The number of benzene rings is 3. The van der Waals surface area contributed by atoms with Gasteiger partial charge in [-0.25, -0.2) is 13.8 Å². The van der Waals surface area contributed by atoms with Crippen LogP contribution >= 0.6 is 11.6 Å². The highest BCUT2D eigenvalue weighted by molar-refractivity contribution is 6.34. The first-order valence-corrected chi connectivity index (χ1v) is 16.8. The third-order valence-corrected chi connectivity index (χ3v) is 9.79. The number of piperazine rings is 1. The summed E-state index contributed by atoms with van der Waals surface area (Å²) >= 11 is 6.90. The van der Waals surface area contributed by atoms with Gasteiger partial charge in [-0.3, -0.25) is 4.99 Å². The van der Waals surface area contributed by atoms with E-state index in [-0.39, 0.29) is 36.0 Å². The van der Waals surface area contributed by atoms with E-state index in [1.54, 1.807) is 13.0 Å². The number of nitrogens with zero attached hydrogens (tertiary/aromatic N) is 3. The SMILES string of the molecule is C=Nc1c(C(=NCOCCC(C)(F)CCOCC2CCCN2)N2CC3CCC(C2)N3)cc(Cl)c(-c2cccc3ccccc23)c1F. The third kappa shape index (κ3) is 7.60. The summed E-state index contributed by atoms with van der Waals surface area (Å²) in [5.41, 5.74) is 0.124. The van der Waals surface area contributed by atoms with Crippen LogP contribution in [0, 0.1) is 5.82 Å². The third-order valence-electron chi connectivity index (χ3n) is 9.49. The Kier molecular flexibility index (Phi) is 10.7. The van der Waals surface area contributed by atoms with E-state index in [0.29, 0.717) is 54.7 Å². The average molecular weight is 652 g/mol. The van der Waals surface area contributed by atoms with Gasteiger partial charge in [0.15, 0.2) is 5.82 Å². The van der Waals surface area contributed by atoms with Crippen molar-refractivity contribution in [3.63, 3.8) is 0 Å². The van der Waals surface area contributed by atoms with Gasteiger partial charge in [-0.2, -0.15) is 0 Å². The Morgan fingerprint density at radius 1 is 1.07 bits per heavy atom. The molecule has 7 nitrogen and oxygen atoms in total. The first-order valence-electron chi connectivity index (χ1n) is 16.4. The molecule has 46 heavy (non-hydrogen) atoms. The molecule has 0 spiro atoms. The Balaban J connectivity index is 1.19. The minimum atomic E-state index is -1.42. The fourth-order valence-corrected chi connectivity index (χ4v) is 7.23. The average Bonchev–Trinajstić information content (AvgIpc) is 3.69. The van der Waals surface area contributed by atoms with Crippen molar-refractivity contribution in [1.29, 1.82) is 0 Å². The van der Waals surface area contributed by atoms with Gasteiger partial charge in [0.25, 0.3) is 0 Å². The van der Waals surface area contributed by atoms with Crippen LogP contribution in [-0.4, -0.2) is 87.4 Å². The van der Waals surface area contributed by atoms with E-state index in [1.807, 2.05) is 42.5 Å². The summed E-state index contributed by atoms with van der Waals surface area (Å²) in [6.45, 7) is 8.96. The molecule has 3 aromatic carbocycles. The van der Waals surface area contributed by atoms with Crippen LogP contribution < -0.4 is 10.6 Å². The zero-order valence-electron chi connectivity index (χ0n) is 26.5. The number of hydrogen-bond acceptors (Lipinski definition) is 6. The molecule has 2 N–H and O–H groups in total. The number of halogens is 3. The molecule has 246 valence electrons. The molecule has 3 heterocycles. The number of nitrogens with one attached hydrogen (secondary N) is 2. The van der Waals surface area contributed by atoms with E-state index in [2.05, 4.69) is 27.2 Å². The summed E-state index contributed by atoms with van der Waals surface area (Å²) in [6, 6.07) is 16.3. The quantitative estimate of drug-likeness (QED) is 0.118. The van der Waals surface area contributed by atoms with Gasteiger partial charge in [0.2, 0.25) is 0 Å². The van der Waals surface area contributed by atoms with Gasteiger partial charge in [-0.15, -0.1) is 0 Å². The van der Waals surface area contributed by atoms with Crippen molar-refractivity contribution in [1.82, 2.24) is 15.5 Å². The maximum atomic E-state index is 16.5. The summed E-state index contributed by atoms with van der Waals surface area (Å²) < 4.78 is 43.3. The Hall–Kier alpha value is -2.95. The molecule has 3 fully saturated rings. The van der Waals surface area contributed by atoms with Gasteiger partial charge in [-0.1, -0.05) is 54.1 Å². The van der Waals surface area contributed by atoms with Crippen molar-refractivity contribution in [2.75, 3.05) is 46.2 Å². The second-order valence-electron chi connectivity index (χ2n) is 13.0. The van der Waals surface area contributed by atoms with Crippen molar-refractivity contribution in [2.24, 2.45) is 9.98 Å². The normalized spacial score (nSPS) is 22.8. The van der Waals surface area contributed by atoms with Crippen LogP contribution in [0.1, 0.15) is 51.0 Å². The van der Waals surface area contributed by atoms with Crippen molar-refractivity contribution in [3.8, 4) is 11.1 Å². The molecule has 3 aromatic rings. The highest BCUT2D eigenvalue weighted by atomic mass is 35.5. The second-order valence-corrected chi connectivity index (χ2v) is 13.4. The van der Waals surface area contributed by atoms with Gasteiger partial charge >= 0.3 is 0 Å². The minimum absolute atomic E-state index is 0.00454. The summed E-state index contributed by atoms with van der Waals surface area (Å²) in [4.78, 5) is 11.2. The summed E-state index contributed by atoms with van der Waals surface area (Å²) in [5, 5.41) is 9.17. The van der Waals surface area contributed by atoms with E-state index in [9.17, 15) is 0 Å². The Labute approximate surface area is 275 Å².